The van der Waals surface area contributed by atoms with Gasteiger partial charge in [0, 0.05) is 30.1 Å². The summed E-state index contributed by atoms with van der Waals surface area (Å²) >= 11 is 6.06. The van der Waals surface area contributed by atoms with Crippen LogP contribution in [0.25, 0.3) is 11.1 Å². The van der Waals surface area contributed by atoms with E-state index in [0.29, 0.717) is 23.9 Å². The van der Waals surface area contributed by atoms with E-state index < -0.39 is 6.17 Å². The fourth-order valence-corrected chi connectivity index (χ4v) is 2.88. The zero-order chi connectivity index (χ0) is 13.2. The maximum Gasteiger partial charge on any atom is 0.136 e. The Morgan fingerprint density at radius 1 is 1.42 bits per heavy atom. The van der Waals surface area contributed by atoms with Crippen molar-refractivity contribution < 1.29 is 4.39 Å². The zero-order valence-corrected chi connectivity index (χ0v) is 11.2. The van der Waals surface area contributed by atoms with Crippen LogP contribution in [-0.2, 0) is 6.54 Å². The van der Waals surface area contributed by atoms with Gasteiger partial charge in [0.25, 0.3) is 0 Å². The minimum atomic E-state index is -0.632. The molecule has 1 aliphatic carbocycles. The molecule has 5 heteroatoms. The molecule has 1 aliphatic rings. The van der Waals surface area contributed by atoms with Crippen LogP contribution in [0.2, 0.25) is 5.15 Å². The van der Waals surface area contributed by atoms with Crippen LogP contribution in [0.5, 0.6) is 0 Å². The fourth-order valence-electron chi connectivity index (χ4n) is 2.65. The third-order valence-electron chi connectivity index (χ3n) is 3.63. The molecule has 0 bridgehead atoms. The van der Waals surface area contributed by atoms with Crippen molar-refractivity contribution in [2.45, 2.75) is 32.0 Å². The molecule has 1 unspecified atom stereocenters. The SMILES string of the molecule is F[C@@H]1CCC(Cn2cc(-c3cccnc3Cl)cn2)C1. The van der Waals surface area contributed by atoms with Crippen molar-refractivity contribution >= 4 is 11.6 Å². The van der Waals surface area contributed by atoms with Crippen LogP contribution >= 0.6 is 11.6 Å². The van der Waals surface area contributed by atoms with Crippen LogP contribution in [0.1, 0.15) is 19.3 Å². The van der Waals surface area contributed by atoms with Gasteiger partial charge in [-0.2, -0.15) is 5.10 Å². The second-order valence-electron chi connectivity index (χ2n) is 5.07. The van der Waals surface area contributed by atoms with Crippen LogP contribution < -0.4 is 0 Å². The van der Waals surface area contributed by atoms with Gasteiger partial charge in [0.15, 0.2) is 0 Å². The van der Waals surface area contributed by atoms with E-state index in [2.05, 4.69) is 10.1 Å². The van der Waals surface area contributed by atoms with Gasteiger partial charge >= 0.3 is 0 Å². The number of pyridine rings is 1. The van der Waals surface area contributed by atoms with E-state index in [0.717, 1.165) is 24.1 Å². The van der Waals surface area contributed by atoms with Crippen molar-refractivity contribution in [1.29, 1.82) is 0 Å². The Morgan fingerprint density at radius 2 is 2.32 bits per heavy atom. The number of halogens is 2. The van der Waals surface area contributed by atoms with Gasteiger partial charge in [0.1, 0.15) is 11.3 Å². The molecule has 3 rings (SSSR count). The predicted octanol–water partition coefficient (Wildman–Crippen LogP) is 3.74. The Morgan fingerprint density at radius 3 is 3.05 bits per heavy atom. The normalized spacial score (nSPS) is 22.8. The smallest absolute Gasteiger partial charge is 0.136 e. The first-order valence-corrected chi connectivity index (χ1v) is 6.87. The van der Waals surface area contributed by atoms with E-state index in [1.807, 2.05) is 23.0 Å². The van der Waals surface area contributed by atoms with Crippen LogP contribution in [0, 0.1) is 5.92 Å². The lowest BCUT2D eigenvalue weighted by atomic mass is 10.1. The molecule has 0 radical (unpaired) electrons. The van der Waals surface area contributed by atoms with Crippen molar-refractivity contribution in [1.82, 2.24) is 14.8 Å². The number of aromatic nitrogens is 3. The monoisotopic (exact) mass is 279 g/mol. The molecule has 0 spiro atoms. The zero-order valence-electron chi connectivity index (χ0n) is 10.5. The van der Waals surface area contributed by atoms with Crippen LogP contribution in [0.15, 0.2) is 30.7 Å². The number of hydrogen-bond donors (Lipinski definition) is 0. The summed E-state index contributed by atoms with van der Waals surface area (Å²) in [5, 5.41) is 4.81. The number of nitrogens with zero attached hydrogens (tertiary/aromatic N) is 3. The molecule has 0 saturated heterocycles. The molecular weight excluding hydrogens is 265 g/mol. The van der Waals surface area contributed by atoms with Gasteiger partial charge in [-0.05, 0) is 37.3 Å². The molecule has 100 valence electrons. The van der Waals surface area contributed by atoms with Crippen molar-refractivity contribution in [3.8, 4) is 11.1 Å². The molecule has 19 heavy (non-hydrogen) atoms. The highest BCUT2D eigenvalue weighted by Crippen LogP contribution is 2.30. The minimum Gasteiger partial charge on any atom is -0.272 e. The van der Waals surface area contributed by atoms with Gasteiger partial charge < -0.3 is 0 Å². The second kappa shape index (κ2) is 5.29. The van der Waals surface area contributed by atoms with Crippen molar-refractivity contribution in [3.63, 3.8) is 0 Å². The molecule has 3 nitrogen and oxygen atoms in total. The van der Waals surface area contributed by atoms with Gasteiger partial charge in [-0.15, -0.1) is 0 Å². The molecule has 0 amide bonds. The van der Waals surface area contributed by atoms with E-state index >= 15 is 0 Å². The second-order valence-corrected chi connectivity index (χ2v) is 5.43. The first-order valence-electron chi connectivity index (χ1n) is 6.50. The molecule has 2 aromatic rings. The minimum absolute atomic E-state index is 0.395. The first-order chi connectivity index (χ1) is 9.22. The third-order valence-corrected chi connectivity index (χ3v) is 3.93. The van der Waals surface area contributed by atoms with E-state index in [1.54, 1.807) is 12.4 Å². The Bertz CT molecular complexity index is 569. The van der Waals surface area contributed by atoms with Gasteiger partial charge in [-0.3, -0.25) is 4.68 Å². The summed E-state index contributed by atoms with van der Waals surface area (Å²) in [7, 11) is 0. The molecule has 0 N–H and O–H groups in total. The quantitative estimate of drug-likeness (QED) is 0.802. The Balaban J connectivity index is 1.75. The van der Waals surface area contributed by atoms with Crippen molar-refractivity contribution in [2.75, 3.05) is 0 Å². The summed E-state index contributed by atoms with van der Waals surface area (Å²) < 4.78 is 15.0. The van der Waals surface area contributed by atoms with Crippen molar-refractivity contribution in [2.24, 2.45) is 5.92 Å². The molecule has 0 aromatic carbocycles. The average Bonchev–Trinajstić information content (AvgIpc) is 3.00. The van der Waals surface area contributed by atoms with E-state index in [-0.39, 0.29) is 0 Å². The van der Waals surface area contributed by atoms with Crippen LogP contribution in [0.4, 0.5) is 4.39 Å². The highest BCUT2D eigenvalue weighted by Gasteiger charge is 2.24. The Hall–Kier alpha value is -1.42. The lowest BCUT2D eigenvalue weighted by Gasteiger charge is -2.08. The van der Waals surface area contributed by atoms with E-state index in [1.165, 1.54) is 0 Å². The molecule has 2 atom stereocenters. The van der Waals surface area contributed by atoms with E-state index in [9.17, 15) is 4.39 Å². The van der Waals surface area contributed by atoms with Crippen LogP contribution in [0.3, 0.4) is 0 Å². The predicted molar refractivity (Wildman–Crippen MR) is 72.7 cm³/mol. The highest BCUT2D eigenvalue weighted by molar-refractivity contribution is 6.32. The summed E-state index contributed by atoms with van der Waals surface area (Å²) in [6, 6.07) is 3.77. The maximum absolute atomic E-state index is 13.1. The number of alkyl halides is 1. The lowest BCUT2D eigenvalue weighted by molar-refractivity contribution is 0.320. The summed E-state index contributed by atoms with van der Waals surface area (Å²) in [4.78, 5) is 4.06. The van der Waals surface area contributed by atoms with Crippen molar-refractivity contribution in [3.05, 3.63) is 35.9 Å². The molecule has 0 aliphatic heterocycles. The van der Waals surface area contributed by atoms with Gasteiger partial charge in [0.05, 0.1) is 6.20 Å². The topological polar surface area (TPSA) is 30.7 Å². The molecule has 2 aromatic heterocycles. The Kier molecular flexibility index (Phi) is 3.51. The summed E-state index contributed by atoms with van der Waals surface area (Å²) in [5.41, 5.74) is 1.83. The van der Waals surface area contributed by atoms with Gasteiger partial charge in [-0.25, -0.2) is 9.37 Å². The molecule has 2 heterocycles. The highest BCUT2D eigenvalue weighted by atomic mass is 35.5. The summed E-state index contributed by atoms with van der Waals surface area (Å²) in [5.74, 6) is 0.395. The van der Waals surface area contributed by atoms with Crippen LogP contribution in [-0.4, -0.2) is 20.9 Å². The first kappa shape index (κ1) is 12.6. The average molecular weight is 280 g/mol. The molecular formula is C14H15ClFN3. The largest absolute Gasteiger partial charge is 0.272 e. The molecule has 1 saturated carbocycles. The Labute approximate surface area is 116 Å². The fraction of sp³-hybridized carbons (Fsp3) is 0.429. The van der Waals surface area contributed by atoms with Gasteiger partial charge in [-0.1, -0.05) is 11.6 Å². The lowest BCUT2D eigenvalue weighted by Crippen LogP contribution is -2.08. The molecule has 1 fully saturated rings. The van der Waals surface area contributed by atoms with Gasteiger partial charge in [0.2, 0.25) is 0 Å². The maximum atomic E-state index is 13.1. The summed E-state index contributed by atoms with van der Waals surface area (Å²) in [6.07, 6.45) is 7.06. The number of rotatable bonds is 3. The van der Waals surface area contributed by atoms with E-state index in [4.69, 9.17) is 11.6 Å². The number of hydrogen-bond acceptors (Lipinski definition) is 2. The standard InChI is InChI=1S/C14H15ClFN3/c15-14-13(2-1-5-17-14)11-7-18-19(9-11)8-10-3-4-12(16)6-10/h1-2,5,7,9-10,12H,3-4,6,8H2/t10?,12-/m1/s1. The third kappa shape index (κ3) is 2.78. The summed E-state index contributed by atoms with van der Waals surface area (Å²) in [6.45, 7) is 0.776.